The summed E-state index contributed by atoms with van der Waals surface area (Å²) in [7, 11) is 0. The average molecular weight is 419 g/mol. The van der Waals surface area contributed by atoms with E-state index in [4.69, 9.17) is 0 Å². The molecule has 0 aliphatic heterocycles. The molecule has 2 nitrogen and oxygen atoms in total. The number of fused-ring (bicyclic) bond motifs is 1. The molecule has 1 unspecified atom stereocenters. The molecule has 0 saturated heterocycles. The summed E-state index contributed by atoms with van der Waals surface area (Å²) in [6.45, 7) is 13.5. The van der Waals surface area contributed by atoms with Gasteiger partial charge < -0.3 is 10.2 Å². The Kier molecular flexibility index (Phi) is 7.66. The number of alkyl halides is 1. The average Bonchev–Trinajstić information content (AvgIpc) is 3.05. The first-order valence-electron chi connectivity index (χ1n) is 12.2. The summed E-state index contributed by atoms with van der Waals surface area (Å²) >= 11 is 0. The summed E-state index contributed by atoms with van der Waals surface area (Å²) in [6, 6.07) is 0. The topological polar surface area (TPSA) is 40.5 Å². The largest absolute Gasteiger partial charge is 0.390 e. The molecule has 3 heteroatoms. The van der Waals surface area contributed by atoms with E-state index in [0.717, 1.165) is 29.7 Å². The highest BCUT2D eigenvalue weighted by Gasteiger charge is 2.50. The second-order valence-electron chi connectivity index (χ2n) is 11.0. The first kappa shape index (κ1) is 23.7. The molecule has 0 aromatic carbocycles. The van der Waals surface area contributed by atoms with Crippen molar-refractivity contribution in [1.29, 1.82) is 0 Å². The summed E-state index contributed by atoms with van der Waals surface area (Å²) in [5, 5.41) is 19.9. The molecule has 0 aromatic heterocycles. The molecule has 3 saturated carbocycles. The second kappa shape index (κ2) is 9.69. The predicted octanol–water partition coefficient (Wildman–Crippen LogP) is 6.54. The molecule has 0 heterocycles. The van der Waals surface area contributed by atoms with Crippen LogP contribution in [0.5, 0.6) is 0 Å². The van der Waals surface area contributed by atoms with Crippen molar-refractivity contribution in [1.82, 2.24) is 0 Å². The SMILES string of the molecule is C=C1C(=CC=C2CCC[C@@]3(C)C2CC[C@@H]3[C@H](C)CCCC(C)C)C[C@@H](O)[C@@H](F)[C@@H]1O. The van der Waals surface area contributed by atoms with Gasteiger partial charge in [-0.2, -0.15) is 0 Å². The molecule has 0 radical (unpaired) electrons. The molecule has 0 aromatic rings. The third-order valence-corrected chi connectivity index (χ3v) is 8.53. The van der Waals surface area contributed by atoms with Crippen molar-refractivity contribution < 1.29 is 14.6 Å². The van der Waals surface area contributed by atoms with Crippen molar-refractivity contribution in [3.63, 3.8) is 0 Å². The minimum absolute atomic E-state index is 0.234. The van der Waals surface area contributed by atoms with Gasteiger partial charge in [-0.3, -0.25) is 0 Å². The van der Waals surface area contributed by atoms with Crippen molar-refractivity contribution in [2.75, 3.05) is 0 Å². The van der Waals surface area contributed by atoms with Crippen LogP contribution in [0, 0.1) is 29.1 Å². The first-order valence-corrected chi connectivity index (χ1v) is 12.2. The van der Waals surface area contributed by atoms with Gasteiger partial charge in [0.1, 0.15) is 6.10 Å². The molecular formula is C27H43FO2. The first-order chi connectivity index (χ1) is 14.1. The molecule has 3 fully saturated rings. The van der Waals surface area contributed by atoms with Gasteiger partial charge in [-0.05, 0) is 72.3 Å². The highest BCUT2D eigenvalue weighted by Crippen LogP contribution is 2.60. The zero-order valence-electron chi connectivity index (χ0n) is 19.5. The predicted molar refractivity (Wildman–Crippen MR) is 123 cm³/mol. The van der Waals surface area contributed by atoms with E-state index in [1.54, 1.807) is 0 Å². The molecule has 3 aliphatic rings. The lowest BCUT2D eigenvalue weighted by Crippen LogP contribution is -2.40. The van der Waals surface area contributed by atoms with Crippen molar-refractivity contribution in [3.05, 3.63) is 35.5 Å². The maximum atomic E-state index is 13.9. The number of aliphatic hydroxyl groups is 2. The zero-order valence-corrected chi connectivity index (χ0v) is 19.5. The Hall–Kier alpha value is -0.930. The van der Waals surface area contributed by atoms with E-state index >= 15 is 0 Å². The third-order valence-electron chi connectivity index (χ3n) is 8.53. The van der Waals surface area contributed by atoms with Gasteiger partial charge >= 0.3 is 0 Å². The molecule has 0 spiro atoms. The standard InChI is InChI=1S/C27H43FO2/c1-17(2)8-6-9-18(3)22-13-14-23-20(10-7-15-27(22,23)5)11-12-21-16-24(29)25(28)26(30)19(21)4/h11-12,17-18,22-26,29-30H,4,6-10,13-16H2,1-3,5H3/t18-,22-,23?,24-,25-,26-,27-/m1/s1. The van der Waals surface area contributed by atoms with Gasteiger partial charge in [0.15, 0.2) is 6.17 Å². The van der Waals surface area contributed by atoms with Crippen LogP contribution in [0.1, 0.15) is 85.5 Å². The zero-order chi connectivity index (χ0) is 22.1. The number of hydrogen-bond acceptors (Lipinski definition) is 2. The van der Waals surface area contributed by atoms with E-state index in [0.29, 0.717) is 16.9 Å². The Morgan fingerprint density at radius 3 is 2.60 bits per heavy atom. The fraction of sp³-hybridized carbons (Fsp3) is 0.778. The van der Waals surface area contributed by atoms with Crippen LogP contribution in [0.4, 0.5) is 4.39 Å². The second-order valence-corrected chi connectivity index (χ2v) is 11.0. The van der Waals surface area contributed by atoms with Crippen LogP contribution in [0.2, 0.25) is 0 Å². The molecule has 3 aliphatic carbocycles. The van der Waals surface area contributed by atoms with Crippen molar-refractivity contribution in [3.8, 4) is 0 Å². The Morgan fingerprint density at radius 2 is 1.90 bits per heavy atom. The van der Waals surface area contributed by atoms with Crippen molar-refractivity contribution >= 4 is 0 Å². The van der Waals surface area contributed by atoms with Crippen molar-refractivity contribution in [2.24, 2.45) is 29.1 Å². The normalized spacial score (nSPS) is 40.9. The Balaban J connectivity index is 1.72. The third kappa shape index (κ3) is 4.78. The molecule has 2 N–H and O–H groups in total. The molecule has 0 amide bonds. The number of halogens is 1. The molecule has 170 valence electrons. The monoisotopic (exact) mass is 418 g/mol. The van der Waals surface area contributed by atoms with E-state index in [1.165, 1.54) is 50.5 Å². The lowest BCUT2D eigenvalue weighted by molar-refractivity contribution is -0.00417. The molecule has 30 heavy (non-hydrogen) atoms. The van der Waals surface area contributed by atoms with Gasteiger partial charge in [-0.1, -0.05) is 71.3 Å². The summed E-state index contributed by atoms with van der Waals surface area (Å²) in [5.74, 6) is 3.00. The quantitative estimate of drug-likeness (QED) is 0.514. The summed E-state index contributed by atoms with van der Waals surface area (Å²) < 4.78 is 13.9. The minimum atomic E-state index is -1.63. The van der Waals surface area contributed by atoms with Crippen LogP contribution >= 0.6 is 0 Å². The van der Waals surface area contributed by atoms with Crippen LogP contribution < -0.4 is 0 Å². The van der Waals surface area contributed by atoms with E-state index in [9.17, 15) is 14.6 Å². The maximum Gasteiger partial charge on any atom is 0.156 e. The lowest BCUT2D eigenvalue weighted by atomic mass is 9.60. The van der Waals surface area contributed by atoms with E-state index < -0.39 is 18.4 Å². The summed E-state index contributed by atoms with van der Waals surface area (Å²) in [6.07, 6.45) is 10.7. The van der Waals surface area contributed by atoms with Gasteiger partial charge in [-0.25, -0.2) is 4.39 Å². The number of rotatable bonds is 6. The van der Waals surface area contributed by atoms with Gasteiger partial charge in [-0.15, -0.1) is 0 Å². The van der Waals surface area contributed by atoms with Crippen LogP contribution in [-0.4, -0.2) is 28.6 Å². The van der Waals surface area contributed by atoms with Gasteiger partial charge in [0.25, 0.3) is 0 Å². The van der Waals surface area contributed by atoms with Crippen LogP contribution in [0.25, 0.3) is 0 Å². The van der Waals surface area contributed by atoms with Gasteiger partial charge in [0, 0.05) is 6.42 Å². The molecular weight excluding hydrogens is 375 g/mol. The Morgan fingerprint density at radius 1 is 1.17 bits per heavy atom. The highest BCUT2D eigenvalue weighted by molar-refractivity contribution is 5.40. The van der Waals surface area contributed by atoms with E-state index in [-0.39, 0.29) is 6.42 Å². The number of allylic oxidation sites excluding steroid dienone is 3. The highest BCUT2D eigenvalue weighted by atomic mass is 19.1. The van der Waals surface area contributed by atoms with Crippen LogP contribution in [0.15, 0.2) is 35.5 Å². The van der Waals surface area contributed by atoms with Gasteiger partial charge in [0.05, 0.1) is 6.10 Å². The van der Waals surface area contributed by atoms with Gasteiger partial charge in [0.2, 0.25) is 0 Å². The Bertz CT molecular complexity index is 678. The minimum Gasteiger partial charge on any atom is -0.390 e. The maximum absolute atomic E-state index is 13.9. The lowest BCUT2D eigenvalue weighted by Gasteiger charge is -2.44. The fourth-order valence-electron chi connectivity index (χ4n) is 6.71. The van der Waals surface area contributed by atoms with E-state index in [1.807, 2.05) is 6.08 Å². The van der Waals surface area contributed by atoms with Crippen molar-refractivity contribution in [2.45, 2.75) is 104 Å². The summed E-state index contributed by atoms with van der Waals surface area (Å²) in [5.41, 5.74) is 3.10. The molecule has 3 rings (SSSR count). The van der Waals surface area contributed by atoms with Crippen LogP contribution in [-0.2, 0) is 0 Å². The smallest absolute Gasteiger partial charge is 0.156 e. The fourth-order valence-corrected chi connectivity index (χ4v) is 6.71. The molecule has 7 atom stereocenters. The Labute approximate surface area is 183 Å². The number of aliphatic hydroxyl groups excluding tert-OH is 2. The van der Waals surface area contributed by atoms with Crippen LogP contribution in [0.3, 0.4) is 0 Å². The molecule has 0 bridgehead atoms. The van der Waals surface area contributed by atoms with E-state index in [2.05, 4.69) is 40.3 Å². The summed E-state index contributed by atoms with van der Waals surface area (Å²) in [4.78, 5) is 0. The number of hydrogen-bond donors (Lipinski definition) is 2.